The maximum atomic E-state index is 13.1. The van der Waals surface area contributed by atoms with Gasteiger partial charge in [0, 0.05) is 18.2 Å². The van der Waals surface area contributed by atoms with Crippen molar-refractivity contribution in [3.05, 3.63) is 58.5 Å². The summed E-state index contributed by atoms with van der Waals surface area (Å²) in [5, 5.41) is 0.474. The highest BCUT2D eigenvalue weighted by Crippen LogP contribution is 2.39. The minimum Gasteiger partial charge on any atom is -0.458 e. The van der Waals surface area contributed by atoms with Gasteiger partial charge in [0.15, 0.2) is 5.76 Å². The Morgan fingerprint density at radius 3 is 2.71 bits per heavy atom. The van der Waals surface area contributed by atoms with E-state index in [1.165, 1.54) is 11.0 Å². The van der Waals surface area contributed by atoms with Crippen LogP contribution in [0.3, 0.4) is 0 Å². The number of Topliss-reactive ketones (excluding diaryl/α,β-unsaturated/α-hetero) is 2. The standard InChI is InChI=1S/C21H20ClNO5/c1-12-7-8-16(28-12)19(24)17-18(13-4-2-5-14(22)10-13)23(21(26)20(17)25)11-15-6-3-9-27-15/h2,4-5,7-8,10,15,17-18H,3,6,9,11H2,1H3. The van der Waals surface area contributed by atoms with Crippen molar-refractivity contribution in [1.82, 2.24) is 4.90 Å². The smallest absolute Gasteiger partial charge is 0.291 e. The van der Waals surface area contributed by atoms with Crippen LogP contribution in [-0.2, 0) is 14.3 Å². The number of carbonyl (C=O) groups excluding carboxylic acids is 3. The lowest BCUT2D eigenvalue weighted by molar-refractivity contribution is -0.141. The first-order valence-electron chi connectivity index (χ1n) is 9.28. The van der Waals surface area contributed by atoms with Crippen LogP contribution >= 0.6 is 11.6 Å². The molecule has 0 radical (unpaired) electrons. The number of likely N-dealkylation sites (tertiary alicyclic amines) is 1. The number of nitrogens with zero attached hydrogens (tertiary/aromatic N) is 1. The lowest BCUT2D eigenvalue weighted by Gasteiger charge is -2.29. The van der Waals surface area contributed by atoms with Gasteiger partial charge in [0.2, 0.25) is 11.6 Å². The minimum atomic E-state index is -1.17. The first kappa shape index (κ1) is 18.9. The third kappa shape index (κ3) is 3.38. The summed E-state index contributed by atoms with van der Waals surface area (Å²) in [6, 6.07) is 9.38. The predicted octanol–water partition coefficient (Wildman–Crippen LogP) is 3.37. The van der Waals surface area contributed by atoms with Crippen molar-refractivity contribution in [2.24, 2.45) is 5.92 Å². The largest absolute Gasteiger partial charge is 0.458 e. The van der Waals surface area contributed by atoms with E-state index < -0.39 is 29.4 Å². The zero-order valence-corrected chi connectivity index (χ0v) is 16.1. The third-order valence-corrected chi connectivity index (χ3v) is 5.52. The number of halogens is 1. The van der Waals surface area contributed by atoms with E-state index in [1.807, 2.05) is 0 Å². The average Bonchev–Trinajstić information content (AvgIpc) is 3.38. The molecule has 7 heteroatoms. The summed E-state index contributed by atoms with van der Waals surface area (Å²) < 4.78 is 11.1. The minimum absolute atomic E-state index is 0.0784. The maximum absolute atomic E-state index is 13.1. The molecule has 28 heavy (non-hydrogen) atoms. The van der Waals surface area contributed by atoms with Crippen molar-refractivity contribution in [3.63, 3.8) is 0 Å². The summed E-state index contributed by atoms with van der Waals surface area (Å²) in [5.41, 5.74) is 0.645. The van der Waals surface area contributed by atoms with E-state index >= 15 is 0 Å². The number of benzene rings is 1. The molecule has 2 saturated heterocycles. The molecule has 3 unspecified atom stereocenters. The molecule has 0 N–H and O–H groups in total. The molecule has 1 aromatic heterocycles. The molecule has 0 saturated carbocycles. The molecule has 1 amide bonds. The molecule has 2 aromatic rings. The summed E-state index contributed by atoms with van der Waals surface area (Å²) in [6.45, 7) is 2.62. The van der Waals surface area contributed by atoms with Gasteiger partial charge in [-0.15, -0.1) is 0 Å². The second-order valence-electron chi connectivity index (χ2n) is 7.21. The van der Waals surface area contributed by atoms with Crippen molar-refractivity contribution < 1.29 is 23.5 Å². The van der Waals surface area contributed by atoms with E-state index in [0.717, 1.165) is 12.8 Å². The van der Waals surface area contributed by atoms with Gasteiger partial charge in [-0.3, -0.25) is 14.4 Å². The molecule has 6 nitrogen and oxygen atoms in total. The molecule has 146 valence electrons. The van der Waals surface area contributed by atoms with Crippen LogP contribution in [-0.4, -0.2) is 41.6 Å². The fourth-order valence-electron chi connectivity index (χ4n) is 3.97. The summed E-state index contributed by atoms with van der Waals surface area (Å²) in [5.74, 6) is -2.40. The molecular formula is C21H20ClNO5. The first-order chi connectivity index (χ1) is 13.5. The average molecular weight is 402 g/mol. The summed E-state index contributed by atoms with van der Waals surface area (Å²) in [6.07, 6.45) is 1.59. The van der Waals surface area contributed by atoms with Gasteiger partial charge in [0.05, 0.1) is 12.1 Å². The van der Waals surface area contributed by atoms with Gasteiger partial charge in [-0.25, -0.2) is 0 Å². The fraction of sp³-hybridized carbons (Fsp3) is 0.381. The van der Waals surface area contributed by atoms with E-state index in [4.69, 9.17) is 20.8 Å². The molecule has 0 bridgehead atoms. The molecule has 2 fully saturated rings. The molecule has 0 aliphatic carbocycles. The first-order valence-corrected chi connectivity index (χ1v) is 9.66. The summed E-state index contributed by atoms with van der Waals surface area (Å²) >= 11 is 6.15. The molecule has 1 aromatic carbocycles. The number of amides is 1. The lowest BCUT2D eigenvalue weighted by atomic mass is 9.88. The maximum Gasteiger partial charge on any atom is 0.291 e. The van der Waals surface area contributed by atoms with Gasteiger partial charge < -0.3 is 14.1 Å². The van der Waals surface area contributed by atoms with Crippen LogP contribution < -0.4 is 0 Å². The highest BCUT2D eigenvalue weighted by atomic mass is 35.5. The topological polar surface area (TPSA) is 76.8 Å². The van der Waals surface area contributed by atoms with Crippen molar-refractivity contribution in [3.8, 4) is 0 Å². The zero-order valence-electron chi connectivity index (χ0n) is 15.4. The van der Waals surface area contributed by atoms with E-state index in [0.29, 0.717) is 23.0 Å². The van der Waals surface area contributed by atoms with Crippen molar-refractivity contribution in [1.29, 1.82) is 0 Å². The Morgan fingerprint density at radius 1 is 1.25 bits per heavy atom. The molecule has 3 atom stereocenters. The third-order valence-electron chi connectivity index (χ3n) is 5.29. The Kier molecular flexibility index (Phi) is 5.08. The van der Waals surface area contributed by atoms with Crippen LogP contribution in [0.2, 0.25) is 5.02 Å². The van der Waals surface area contributed by atoms with Crippen LogP contribution in [0.5, 0.6) is 0 Å². The monoisotopic (exact) mass is 401 g/mol. The van der Waals surface area contributed by atoms with Crippen molar-refractivity contribution >= 4 is 29.1 Å². The van der Waals surface area contributed by atoms with Crippen LogP contribution in [0.15, 0.2) is 40.8 Å². The predicted molar refractivity (Wildman–Crippen MR) is 101 cm³/mol. The quantitative estimate of drug-likeness (QED) is 0.436. The molecule has 4 rings (SSSR count). The van der Waals surface area contributed by atoms with Gasteiger partial charge in [-0.2, -0.15) is 0 Å². The van der Waals surface area contributed by atoms with Gasteiger partial charge in [0.25, 0.3) is 5.91 Å². The van der Waals surface area contributed by atoms with E-state index in [2.05, 4.69) is 0 Å². The highest BCUT2D eigenvalue weighted by Gasteiger charge is 2.52. The number of rotatable bonds is 5. The zero-order chi connectivity index (χ0) is 19.8. The van der Waals surface area contributed by atoms with Crippen LogP contribution in [0.25, 0.3) is 0 Å². The number of hydrogen-bond acceptors (Lipinski definition) is 5. The highest BCUT2D eigenvalue weighted by molar-refractivity contribution is 6.43. The molecule has 0 spiro atoms. The number of aryl methyl sites for hydroxylation is 1. The van der Waals surface area contributed by atoms with Gasteiger partial charge in [0.1, 0.15) is 11.7 Å². The van der Waals surface area contributed by atoms with Crippen molar-refractivity contribution in [2.75, 3.05) is 13.2 Å². The second-order valence-corrected chi connectivity index (χ2v) is 7.65. The Hall–Kier alpha value is -2.44. The number of ether oxygens (including phenoxy) is 1. The van der Waals surface area contributed by atoms with Gasteiger partial charge in [-0.05, 0) is 49.6 Å². The fourth-order valence-corrected chi connectivity index (χ4v) is 4.17. The van der Waals surface area contributed by atoms with Crippen LogP contribution in [0.1, 0.15) is 40.8 Å². The number of hydrogen-bond donors (Lipinski definition) is 0. The lowest BCUT2D eigenvalue weighted by Crippen LogP contribution is -2.36. The SMILES string of the molecule is Cc1ccc(C(=O)C2C(=O)C(=O)N(CC3CCCO3)C2c2cccc(Cl)c2)o1. The molecule has 2 aliphatic rings. The van der Waals surface area contributed by atoms with Gasteiger partial charge in [-0.1, -0.05) is 23.7 Å². The number of furan rings is 1. The normalized spacial score (nSPS) is 24.9. The van der Waals surface area contributed by atoms with Crippen LogP contribution in [0.4, 0.5) is 0 Å². The van der Waals surface area contributed by atoms with Crippen LogP contribution in [0, 0.1) is 12.8 Å². The van der Waals surface area contributed by atoms with Crippen molar-refractivity contribution in [2.45, 2.75) is 31.9 Å². The van der Waals surface area contributed by atoms with Gasteiger partial charge >= 0.3 is 0 Å². The molecule has 3 heterocycles. The Morgan fingerprint density at radius 2 is 2.07 bits per heavy atom. The number of carbonyl (C=O) groups is 3. The second kappa shape index (κ2) is 7.53. The molecular weight excluding hydrogens is 382 g/mol. The molecule has 2 aliphatic heterocycles. The Bertz CT molecular complexity index is 930. The van der Waals surface area contributed by atoms with E-state index in [1.54, 1.807) is 37.3 Å². The Labute approximate surface area is 167 Å². The van der Waals surface area contributed by atoms with E-state index in [9.17, 15) is 14.4 Å². The van der Waals surface area contributed by atoms with E-state index in [-0.39, 0.29) is 18.4 Å². The Balaban J connectivity index is 1.74. The summed E-state index contributed by atoms with van der Waals surface area (Å²) in [4.78, 5) is 40.2. The summed E-state index contributed by atoms with van der Waals surface area (Å²) in [7, 11) is 0. The number of ketones is 2.